The second-order valence-corrected chi connectivity index (χ2v) is 10.7. The number of nitrogens with one attached hydrogen (secondary N) is 3. The molecule has 0 spiro atoms. The van der Waals surface area contributed by atoms with Crippen molar-refractivity contribution >= 4 is 35.0 Å². The molecule has 0 aromatic heterocycles. The minimum absolute atomic E-state index is 0.143. The molecule has 1 aliphatic rings. The van der Waals surface area contributed by atoms with Crippen LogP contribution >= 0.6 is 11.6 Å². The summed E-state index contributed by atoms with van der Waals surface area (Å²) in [5.41, 5.74) is 5.23. The second-order valence-electron chi connectivity index (χ2n) is 10.4. The standard InChI is InChI=1S/C29H37ClN4O3/c1-7-9-21(29(3,4)5)16-25(33-28(37)32-23-11-8-10-18(2)26(23)30)34(6)22-13-12-19-17-31-24(27(35)36)15-20(19)14-22/h8-14,16,24,31H,7,15,17H2,1-6H3,(H,35,36)(H2,32,33,37)/b21-9-,25-16-/t24-/m0/s1. The highest BCUT2D eigenvalue weighted by atomic mass is 35.5. The Hall–Kier alpha value is -3.29. The Bertz CT molecular complexity index is 1230. The average Bonchev–Trinajstić information content (AvgIpc) is 2.84. The van der Waals surface area contributed by atoms with Crippen molar-refractivity contribution in [1.29, 1.82) is 0 Å². The lowest BCUT2D eigenvalue weighted by molar-refractivity contribution is -0.139. The lowest BCUT2D eigenvalue weighted by Gasteiger charge is -2.29. The van der Waals surface area contributed by atoms with Crippen molar-refractivity contribution < 1.29 is 14.7 Å². The number of nitrogens with zero attached hydrogens (tertiary/aromatic N) is 1. The van der Waals surface area contributed by atoms with Crippen LogP contribution in [0.1, 0.15) is 50.8 Å². The van der Waals surface area contributed by atoms with Crippen LogP contribution in [-0.4, -0.2) is 30.2 Å². The summed E-state index contributed by atoms with van der Waals surface area (Å²) in [5, 5.41) is 18.9. The van der Waals surface area contributed by atoms with Crippen LogP contribution in [0.25, 0.3) is 0 Å². The molecular formula is C29H37ClN4O3. The number of anilines is 2. The predicted molar refractivity (Wildman–Crippen MR) is 151 cm³/mol. The number of aryl methyl sites for hydroxylation is 1. The number of carbonyl (C=O) groups excluding carboxylic acids is 1. The van der Waals surface area contributed by atoms with E-state index >= 15 is 0 Å². The van der Waals surface area contributed by atoms with Gasteiger partial charge in [0.05, 0.1) is 10.7 Å². The van der Waals surface area contributed by atoms with E-state index in [0.717, 1.165) is 34.4 Å². The zero-order valence-corrected chi connectivity index (χ0v) is 23.2. The normalized spacial score (nSPS) is 16.1. The van der Waals surface area contributed by atoms with E-state index in [1.807, 2.05) is 55.3 Å². The molecule has 0 aliphatic carbocycles. The van der Waals surface area contributed by atoms with E-state index in [-0.39, 0.29) is 5.41 Å². The number of carbonyl (C=O) groups is 2. The average molecular weight is 525 g/mol. The van der Waals surface area contributed by atoms with Gasteiger partial charge in [-0.05, 0) is 71.7 Å². The summed E-state index contributed by atoms with van der Waals surface area (Å²) in [6.07, 6.45) is 5.39. The van der Waals surface area contributed by atoms with Gasteiger partial charge in [-0.2, -0.15) is 0 Å². The number of hydrogen-bond donors (Lipinski definition) is 4. The summed E-state index contributed by atoms with van der Waals surface area (Å²) in [7, 11) is 1.88. The maximum absolute atomic E-state index is 13.1. The Morgan fingerprint density at radius 2 is 1.95 bits per heavy atom. The molecule has 7 nitrogen and oxygen atoms in total. The number of rotatable bonds is 7. The summed E-state index contributed by atoms with van der Waals surface area (Å²) < 4.78 is 0. The number of carboxylic acids is 1. The molecule has 0 unspecified atom stereocenters. The zero-order chi connectivity index (χ0) is 27.3. The monoisotopic (exact) mass is 524 g/mol. The SMILES string of the molecule is CC/C=C(/C=C(/NC(=O)Nc1cccc(C)c1Cl)N(C)c1ccc2c(c1)C[C@@H](C(=O)O)NC2)C(C)(C)C. The predicted octanol–water partition coefficient (Wildman–Crippen LogP) is 6.23. The molecule has 37 heavy (non-hydrogen) atoms. The molecule has 8 heteroatoms. The molecule has 0 radical (unpaired) electrons. The molecule has 198 valence electrons. The van der Waals surface area contributed by atoms with Gasteiger partial charge in [-0.25, -0.2) is 4.79 Å². The van der Waals surface area contributed by atoms with Crippen LogP contribution in [0.3, 0.4) is 0 Å². The van der Waals surface area contributed by atoms with Gasteiger partial charge in [0.15, 0.2) is 0 Å². The van der Waals surface area contributed by atoms with Crippen LogP contribution in [0.4, 0.5) is 16.2 Å². The fourth-order valence-corrected chi connectivity index (χ4v) is 4.38. The van der Waals surface area contributed by atoms with Crippen molar-refractivity contribution in [2.75, 3.05) is 17.3 Å². The Kier molecular flexibility index (Phi) is 9.05. The van der Waals surface area contributed by atoms with Gasteiger partial charge in [-0.1, -0.05) is 63.6 Å². The number of aliphatic carboxylic acids is 1. The number of benzene rings is 2. The van der Waals surface area contributed by atoms with Gasteiger partial charge in [0.25, 0.3) is 0 Å². The van der Waals surface area contributed by atoms with Gasteiger partial charge in [0.1, 0.15) is 11.9 Å². The first kappa shape index (κ1) is 28.3. The molecule has 1 heterocycles. The fourth-order valence-electron chi connectivity index (χ4n) is 4.20. The van der Waals surface area contributed by atoms with Gasteiger partial charge < -0.3 is 20.6 Å². The van der Waals surface area contributed by atoms with Crippen molar-refractivity contribution in [2.45, 2.75) is 60.0 Å². The molecule has 2 aromatic rings. The molecule has 0 saturated heterocycles. The summed E-state index contributed by atoms with van der Waals surface area (Å²) >= 11 is 6.40. The Morgan fingerprint density at radius 3 is 2.59 bits per heavy atom. The van der Waals surface area contributed by atoms with Crippen molar-refractivity contribution in [3.05, 3.63) is 81.7 Å². The Balaban J connectivity index is 1.96. The topological polar surface area (TPSA) is 93.7 Å². The van der Waals surface area contributed by atoms with Crippen LogP contribution in [0.2, 0.25) is 5.02 Å². The molecule has 0 bridgehead atoms. The van der Waals surface area contributed by atoms with Gasteiger partial charge in [-0.15, -0.1) is 0 Å². The smallest absolute Gasteiger partial charge is 0.324 e. The molecule has 0 saturated carbocycles. The van der Waals surface area contributed by atoms with E-state index in [0.29, 0.717) is 29.5 Å². The first-order valence-corrected chi connectivity index (χ1v) is 12.9. The highest BCUT2D eigenvalue weighted by molar-refractivity contribution is 6.34. The summed E-state index contributed by atoms with van der Waals surface area (Å²) in [6, 6.07) is 10.4. The van der Waals surface area contributed by atoms with Crippen molar-refractivity contribution in [2.24, 2.45) is 5.41 Å². The molecule has 2 aromatic carbocycles. The first-order valence-electron chi connectivity index (χ1n) is 12.5. The highest BCUT2D eigenvalue weighted by Crippen LogP contribution is 2.30. The molecule has 0 fully saturated rings. The van der Waals surface area contributed by atoms with Crippen LogP contribution in [0.15, 0.2) is 59.9 Å². The van der Waals surface area contributed by atoms with Gasteiger partial charge in [0, 0.05) is 19.3 Å². The van der Waals surface area contributed by atoms with Crippen LogP contribution < -0.4 is 20.9 Å². The number of allylic oxidation sites excluding steroid dienone is 3. The summed E-state index contributed by atoms with van der Waals surface area (Å²) in [5.74, 6) is -0.280. The van der Waals surface area contributed by atoms with E-state index in [9.17, 15) is 14.7 Å². The Morgan fingerprint density at radius 1 is 1.22 bits per heavy atom. The van der Waals surface area contributed by atoms with Crippen LogP contribution in [0, 0.1) is 12.3 Å². The minimum Gasteiger partial charge on any atom is -0.480 e. The third kappa shape index (κ3) is 7.14. The molecule has 2 amide bonds. The van der Waals surface area contributed by atoms with E-state index in [2.05, 4.69) is 49.7 Å². The quantitative estimate of drug-likeness (QED) is 0.322. The first-order chi connectivity index (χ1) is 17.4. The molecule has 1 atom stereocenters. The number of carboxylic acid groups (broad SMARTS) is 1. The Labute approximate surface area is 224 Å². The molecule has 1 aliphatic heterocycles. The third-order valence-electron chi connectivity index (χ3n) is 6.46. The minimum atomic E-state index is -0.863. The van der Waals surface area contributed by atoms with Crippen LogP contribution in [-0.2, 0) is 17.8 Å². The number of hydrogen-bond acceptors (Lipinski definition) is 4. The van der Waals surface area contributed by atoms with Crippen LogP contribution in [0.5, 0.6) is 0 Å². The zero-order valence-electron chi connectivity index (χ0n) is 22.4. The van der Waals surface area contributed by atoms with Crippen molar-refractivity contribution in [3.8, 4) is 0 Å². The van der Waals surface area contributed by atoms with Gasteiger partial charge >= 0.3 is 12.0 Å². The maximum atomic E-state index is 13.1. The largest absolute Gasteiger partial charge is 0.480 e. The molecular weight excluding hydrogens is 488 g/mol. The van der Waals surface area contributed by atoms with E-state index in [1.54, 1.807) is 6.07 Å². The number of fused-ring (bicyclic) bond motifs is 1. The maximum Gasteiger partial charge on any atom is 0.324 e. The highest BCUT2D eigenvalue weighted by Gasteiger charge is 2.25. The van der Waals surface area contributed by atoms with Crippen molar-refractivity contribution in [3.63, 3.8) is 0 Å². The second kappa shape index (κ2) is 11.8. The molecule has 3 rings (SSSR count). The lowest BCUT2D eigenvalue weighted by Crippen LogP contribution is -2.41. The number of amides is 2. The van der Waals surface area contributed by atoms with E-state index in [4.69, 9.17) is 11.6 Å². The van der Waals surface area contributed by atoms with E-state index < -0.39 is 18.0 Å². The van der Waals surface area contributed by atoms with Gasteiger partial charge in [0.2, 0.25) is 0 Å². The summed E-state index contributed by atoms with van der Waals surface area (Å²) in [4.78, 5) is 26.6. The number of halogens is 1. The third-order valence-corrected chi connectivity index (χ3v) is 6.97. The number of urea groups is 1. The van der Waals surface area contributed by atoms with E-state index in [1.165, 1.54) is 0 Å². The van der Waals surface area contributed by atoms with Gasteiger partial charge in [-0.3, -0.25) is 10.1 Å². The molecule has 4 N–H and O–H groups in total. The fraction of sp³-hybridized carbons (Fsp3) is 0.379. The summed E-state index contributed by atoms with van der Waals surface area (Å²) in [6.45, 7) is 10.9. The van der Waals surface area contributed by atoms with Crippen molar-refractivity contribution in [1.82, 2.24) is 10.6 Å². The lowest BCUT2D eigenvalue weighted by atomic mass is 9.85.